The molecule has 0 bridgehead atoms. The van der Waals surface area contributed by atoms with Crippen molar-refractivity contribution in [1.29, 1.82) is 0 Å². The number of hydrogen-bond acceptors (Lipinski definition) is 7. The van der Waals surface area contributed by atoms with Crippen molar-refractivity contribution in [2.24, 2.45) is 0 Å². The fourth-order valence-electron chi connectivity index (χ4n) is 1.98. The van der Waals surface area contributed by atoms with Gasteiger partial charge in [-0.25, -0.2) is 14.8 Å². The lowest BCUT2D eigenvalue weighted by Gasteiger charge is -2.11. The van der Waals surface area contributed by atoms with Crippen molar-refractivity contribution in [2.45, 2.75) is 20.0 Å². The first kappa shape index (κ1) is 21.1. The maximum absolute atomic E-state index is 11.7. The predicted molar refractivity (Wildman–Crippen MR) is 99.7 cm³/mol. The molecule has 3 aromatic rings. The minimum atomic E-state index is -4.37. The van der Waals surface area contributed by atoms with Crippen LogP contribution in [0.5, 0.6) is 0 Å². The Hall–Kier alpha value is -3.21. The van der Waals surface area contributed by atoms with Crippen molar-refractivity contribution < 1.29 is 23.1 Å². The van der Waals surface area contributed by atoms with E-state index in [1.165, 1.54) is 0 Å². The summed E-state index contributed by atoms with van der Waals surface area (Å²) in [7, 11) is 0. The summed E-state index contributed by atoms with van der Waals surface area (Å²) in [6.07, 6.45) is -1.03. The molecule has 3 heterocycles. The van der Waals surface area contributed by atoms with Crippen LogP contribution < -0.4 is 11.1 Å². The molecule has 0 fully saturated rings. The topological polar surface area (TPSA) is 114 Å². The maximum Gasteiger partial charge on any atom is 0.434 e. The molecule has 0 amide bonds. The second-order valence-corrected chi connectivity index (χ2v) is 6.43. The smallest absolute Gasteiger partial charge is 0.434 e. The number of anilines is 3. The summed E-state index contributed by atoms with van der Waals surface area (Å²) >= 11 is 0.778. The number of nitrogen functional groups attached to an aromatic ring is 1. The Bertz CT molecular complexity index is 975. The lowest BCUT2D eigenvalue weighted by Crippen LogP contribution is -2.07. The van der Waals surface area contributed by atoms with Crippen molar-refractivity contribution in [3.05, 3.63) is 58.6 Å². The van der Waals surface area contributed by atoms with E-state index in [1.807, 2.05) is 13.0 Å². The van der Waals surface area contributed by atoms with Crippen LogP contribution in [0.25, 0.3) is 0 Å². The number of alkyl halides is 3. The van der Waals surface area contributed by atoms with E-state index in [9.17, 15) is 18.0 Å². The number of carboxylic acids is 1. The number of aromatic nitrogens is 3. The number of nitrogens with one attached hydrogen (secondary N) is 1. The third-order valence-electron chi connectivity index (χ3n) is 3.36. The number of halogens is 3. The summed E-state index contributed by atoms with van der Waals surface area (Å²) in [5.74, 6) is -1.05. The van der Waals surface area contributed by atoms with E-state index in [0.717, 1.165) is 28.0 Å². The predicted octanol–water partition coefficient (Wildman–Crippen LogP) is 4.28. The molecule has 148 valence electrons. The number of rotatable bonds is 3. The Balaban J connectivity index is 0.000000237. The van der Waals surface area contributed by atoms with Crippen LogP contribution in [0.15, 0.2) is 36.0 Å². The molecule has 0 aliphatic heterocycles. The van der Waals surface area contributed by atoms with Gasteiger partial charge in [0.1, 0.15) is 0 Å². The molecule has 3 rings (SSSR count). The Morgan fingerprint density at radius 3 is 2.39 bits per heavy atom. The number of aromatic carboxylic acids is 1. The van der Waals surface area contributed by atoms with E-state index >= 15 is 0 Å². The van der Waals surface area contributed by atoms with Gasteiger partial charge >= 0.3 is 12.1 Å². The molecule has 0 aliphatic rings. The molecule has 0 radical (unpaired) electrons. The van der Waals surface area contributed by atoms with Gasteiger partial charge in [-0.3, -0.25) is 4.98 Å². The van der Waals surface area contributed by atoms with Crippen LogP contribution in [0.3, 0.4) is 0 Å². The van der Waals surface area contributed by atoms with Crippen LogP contribution >= 0.6 is 11.3 Å². The van der Waals surface area contributed by atoms with E-state index in [-0.39, 0.29) is 10.8 Å². The molecule has 4 N–H and O–H groups in total. The van der Waals surface area contributed by atoms with Gasteiger partial charge in [0, 0.05) is 17.3 Å². The van der Waals surface area contributed by atoms with Gasteiger partial charge in [-0.05, 0) is 37.6 Å². The number of pyridine rings is 2. The average Bonchev–Trinajstić information content (AvgIpc) is 3.06. The molecule has 0 spiro atoms. The quantitative estimate of drug-likeness (QED) is 0.589. The molecular weight excluding hydrogens is 395 g/mol. The van der Waals surface area contributed by atoms with Crippen LogP contribution in [-0.4, -0.2) is 26.0 Å². The first-order valence-corrected chi connectivity index (χ1v) is 8.62. The minimum Gasteiger partial charge on any atom is -0.476 e. The first-order chi connectivity index (χ1) is 13.1. The van der Waals surface area contributed by atoms with Crippen LogP contribution in [0.4, 0.5) is 29.7 Å². The van der Waals surface area contributed by atoms with Crippen molar-refractivity contribution in [3.63, 3.8) is 0 Å². The Morgan fingerprint density at radius 1 is 1.18 bits per heavy atom. The van der Waals surface area contributed by atoms with E-state index in [1.54, 1.807) is 31.5 Å². The minimum absolute atomic E-state index is 0.0123. The largest absolute Gasteiger partial charge is 0.476 e. The van der Waals surface area contributed by atoms with Gasteiger partial charge in [-0.2, -0.15) is 13.2 Å². The normalized spacial score (nSPS) is 10.8. The summed E-state index contributed by atoms with van der Waals surface area (Å²) in [6, 6.07) is 5.32. The number of nitrogens with zero attached hydrogens (tertiary/aromatic N) is 3. The zero-order chi connectivity index (χ0) is 20.9. The molecule has 0 atom stereocenters. The van der Waals surface area contributed by atoms with Crippen LogP contribution in [0.1, 0.15) is 27.4 Å². The Labute approximate surface area is 162 Å². The standard InChI is InChI=1S/C13H13N3O2.C4H3F3N2S/c1-8-5-6-14-7-11(8)16-10-4-3-9(2)15-12(10)13(17)18;5-4(6,7)2-1-10-3(8)9-2/h3-7,16H,1-2H3,(H,17,18);1H,(H2,8,9). The van der Waals surface area contributed by atoms with E-state index in [0.29, 0.717) is 11.4 Å². The van der Waals surface area contributed by atoms with Crippen LogP contribution in [0, 0.1) is 13.8 Å². The van der Waals surface area contributed by atoms with E-state index < -0.39 is 17.8 Å². The second kappa shape index (κ2) is 8.65. The number of nitrogens with two attached hydrogens (primary N) is 1. The number of carboxylic acid groups (broad SMARTS) is 1. The van der Waals surface area contributed by atoms with Gasteiger partial charge in [0.05, 0.1) is 17.6 Å². The van der Waals surface area contributed by atoms with E-state index in [2.05, 4.69) is 20.3 Å². The van der Waals surface area contributed by atoms with Gasteiger partial charge < -0.3 is 16.2 Å². The lowest BCUT2D eigenvalue weighted by atomic mass is 10.2. The molecule has 11 heteroatoms. The SMILES string of the molecule is Cc1ccc(Nc2cnccc2C)c(C(=O)O)n1.Nc1nc(C(F)(F)F)cs1. The monoisotopic (exact) mass is 411 g/mol. The summed E-state index contributed by atoms with van der Waals surface area (Å²) in [6.45, 7) is 3.68. The fourth-order valence-corrected chi connectivity index (χ4v) is 2.55. The third kappa shape index (κ3) is 5.64. The molecule has 0 aromatic carbocycles. The van der Waals surface area contributed by atoms with Gasteiger partial charge in [0.25, 0.3) is 0 Å². The molecule has 0 unspecified atom stereocenters. The zero-order valence-electron chi connectivity index (χ0n) is 14.8. The number of carbonyl (C=O) groups is 1. The molecule has 0 saturated carbocycles. The molecule has 3 aromatic heterocycles. The summed E-state index contributed by atoms with van der Waals surface area (Å²) in [5.41, 5.74) is 6.96. The molecule has 7 nitrogen and oxygen atoms in total. The third-order valence-corrected chi connectivity index (χ3v) is 4.03. The second-order valence-electron chi connectivity index (χ2n) is 5.54. The first-order valence-electron chi connectivity index (χ1n) is 7.74. The van der Waals surface area contributed by atoms with Crippen LogP contribution in [-0.2, 0) is 6.18 Å². The van der Waals surface area contributed by atoms with Crippen molar-refractivity contribution >= 4 is 33.8 Å². The van der Waals surface area contributed by atoms with Crippen LogP contribution in [0.2, 0.25) is 0 Å². The highest BCUT2D eigenvalue weighted by Crippen LogP contribution is 2.30. The van der Waals surface area contributed by atoms with Gasteiger partial charge in [-0.15, -0.1) is 11.3 Å². The highest BCUT2D eigenvalue weighted by atomic mass is 32.1. The van der Waals surface area contributed by atoms with E-state index in [4.69, 9.17) is 10.8 Å². The Morgan fingerprint density at radius 2 is 1.89 bits per heavy atom. The molecule has 0 aliphatic carbocycles. The highest BCUT2D eigenvalue weighted by Gasteiger charge is 2.33. The zero-order valence-corrected chi connectivity index (χ0v) is 15.6. The summed E-state index contributed by atoms with van der Waals surface area (Å²) < 4.78 is 35.1. The number of thiazole rings is 1. The van der Waals surface area contributed by atoms with Crippen molar-refractivity contribution in [1.82, 2.24) is 15.0 Å². The van der Waals surface area contributed by atoms with Crippen molar-refractivity contribution in [3.8, 4) is 0 Å². The molecule has 28 heavy (non-hydrogen) atoms. The van der Waals surface area contributed by atoms with Gasteiger partial charge in [-0.1, -0.05) is 0 Å². The maximum atomic E-state index is 11.7. The van der Waals surface area contributed by atoms with Gasteiger partial charge in [0.15, 0.2) is 16.5 Å². The number of hydrogen-bond donors (Lipinski definition) is 3. The number of aryl methyl sites for hydroxylation is 2. The fraction of sp³-hybridized carbons (Fsp3) is 0.176. The molecule has 0 saturated heterocycles. The summed E-state index contributed by atoms with van der Waals surface area (Å²) in [5, 5.41) is 13.0. The lowest BCUT2D eigenvalue weighted by molar-refractivity contribution is -0.140. The summed E-state index contributed by atoms with van der Waals surface area (Å²) in [4.78, 5) is 22.2. The Kier molecular flexibility index (Phi) is 6.52. The average molecular weight is 411 g/mol. The highest BCUT2D eigenvalue weighted by molar-refractivity contribution is 7.13. The van der Waals surface area contributed by atoms with Crippen molar-refractivity contribution in [2.75, 3.05) is 11.1 Å². The molecular formula is C17H16F3N5O2S. The van der Waals surface area contributed by atoms with Gasteiger partial charge in [0.2, 0.25) is 0 Å².